The Balaban J connectivity index is 2.78. The van der Waals surface area contributed by atoms with Crippen molar-refractivity contribution in [2.75, 3.05) is 0 Å². The van der Waals surface area contributed by atoms with Crippen LogP contribution < -0.4 is 4.74 Å². The van der Waals surface area contributed by atoms with Crippen LogP contribution in [0.4, 0.5) is 13.2 Å². The molecule has 0 amide bonds. The predicted octanol–water partition coefficient (Wildman–Crippen LogP) is 4.43. The van der Waals surface area contributed by atoms with Gasteiger partial charge in [0.2, 0.25) is 0 Å². The van der Waals surface area contributed by atoms with Crippen LogP contribution in [-0.2, 0) is 0 Å². The van der Waals surface area contributed by atoms with Gasteiger partial charge in [0.05, 0.1) is 5.02 Å². The zero-order valence-corrected chi connectivity index (χ0v) is 9.95. The first kappa shape index (κ1) is 12.6. The maximum absolute atomic E-state index is 12.1. The molecule has 0 saturated carbocycles. The predicted molar refractivity (Wildman–Crippen MR) is 55.3 cm³/mol. The highest BCUT2D eigenvalue weighted by molar-refractivity contribution is 9.10. The zero-order chi connectivity index (χ0) is 11.6. The normalized spacial score (nSPS) is 13.7. The topological polar surface area (TPSA) is 9.23 Å². The Kier molecular flexibility index (Phi) is 3.89. The van der Waals surface area contributed by atoms with Gasteiger partial charge in [0.15, 0.2) is 6.10 Å². The second-order valence-electron chi connectivity index (χ2n) is 2.88. The Morgan fingerprint density at radius 1 is 1.40 bits per heavy atom. The largest absolute Gasteiger partial charge is 0.481 e. The lowest BCUT2D eigenvalue weighted by Crippen LogP contribution is -2.31. The summed E-state index contributed by atoms with van der Waals surface area (Å²) < 4.78 is 41.7. The number of hydrogen-bond donors (Lipinski definition) is 0. The van der Waals surface area contributed by atoms with Gasteiger partial charge in [-0.05, 0) is 41.1 Å². The van der Waals surface area contributed by atoms with Crippen molar-refractivity contribution in [2.45, 2.75) is 19.2 Å². The molecule has 1 nitrogen and oxygen atoms in total. The van der Waals surface area contributed by atoms with Crippen molar-refractivity contribution in [1.82, 2.24) is 0 Å². The third kappa shape index (κ3) is 3.57. The van der Waals surface area contributed by atoms with Gasteiger partial charge in [-0.2, -0.15) is 13.2 Å². The molecular formula is C9H7BrClF3O. The molecule has 0 bridgehead atoms. The van der Waals surface area contributed by atoms with Gasteiger partial charge in [-0.1, -0.05) is 11.6 Å². The molecule has 0 aliphatic rings. The summed E-state index contributed by atoms with van der Waals surface area (Å²) in [5, 5.41) is 0.307. The van der Waals surface area contributed by atoms with Crippen LogP contribution in [0.3, 0.4) is 0 Å². The van der Waals surface area contributed by atoms with Crippen LogP contribution in [0.1, 0.15) is 6.92 Å². The third-order valence-corrected chi connectivity index (χ3v) is 2.90. The van der Waals surface area contributed by atoms with Gasteiger partial charge >= 0.3 is 6.18 Å². The van der Waals surface area contributed by atoms with E-state index in [0.717, 1.165) is 6.92 Å². The first-order valence-corrected chi connectivity index (χ1v) is 5.16. The van der Waals surface area contributed by atoms with Crippen LogP contribution in [0.15, 0.2) is 22.7 Å². The summed E-state index contributed by atoms with van der Waals surface area (Å²) >= 11 is 8.83. The van der Waals surface area contributed by atoms with E-state index in [4.69, 9.17) is 11.6 Å². The van der Waals surface area contributed by atoms with Gasteiger partial charge in [-0.15, -0.1) is 0 Å². The molecule has 1 aromatic carbocycles. The van der Waals surface area contributed by atoms with Gasteiger partial charge in [-0.3, -0.25) is 0 Å². The minimum Gasteiger partial charge on any atom is -0.481 e. The molecule has 0 aromatic heterocycles. The second kappa shape index (κ2) is 4.61. The van der Waals surface area contributed by atoms with E-state index in [1.165, 1.54) is 18.2 Å². The van der Waals surface area contributed by atoms with Gasteiger partial charge < -0.3 is 4.74 Å². The average molecular weight is 304 g/mol. The van der Waals surface area contributed by atoms with Crippen LogP contribution >= 0.6 is 27.5 Å². The van der Waals surface area contributed by atoms with E-state index in [1.54, 1.807) is 0 Å². The smallest absolute Gasteiger partial charge is 0.425 e. The van der Waals surface area contributed by atoms with Crippen molar-refractivity contribution in [1.29, 1.82) is 0 Å². The molecule has 0 aliphatic carbocycles. The Hall–Kier alpha value is -0.420. The summed E-state index contributed by atoms with van der Waals surface area (Å²) in [6.07, 6.45) is -6.23. The summed E-state index contributed by atoms with van der Waals surface area (Å²) in [6.45, 7) is 0.940. The first-order chi connectivity index (χ1) is 6.80. The Morgan fingerprint density at radius 3 is 2.47 bits per heavy atom. The molecule has 0 radical (unpaired) electrons. The lowest BCUT2D eigenvalue weighted by atomic mass is 10.3. The van der Waals surface area contributed by atoms with E-state index in [9.17, 15) is 13.2 Å². The molecule has 1 rings (SSSR count). The van der Waals surface area contributed by atoms with E-state index in [1.807, 2.05) is 0 Å². The van der Waals surface area contributed by atoms with E-state index in [-0.39, 0.29) is 5.75 Å². The van der Waals surface area contributed by atoms with Crippen molar-refractivity contribution in [3.63, 3.8) is 0 Å². The van der Waals surface area contributed by atoms with Crippen LogP contribution in [0, 0.1) is 0 Å². The van der Waals surface area contributed by atoms with Crippen LogP contribution in [-0.4, -0.2) is 12.3 Å². The SMILES string of the molecule is CC(Oc1ccc(Br)c(Cl)c1)C(F)(F)F. The van der Waals surface area contributed by atoms with E-state index >= 15 is 0 Å². The number of benzene rings is 1. The number of halogens is 5. The zero-order valence-electron chi connectivity index (χ0n) is 7.61. The van der Waals surface area contributed by atoms with Gasteiger partial charge in [-0.25, -0.2) is 0 Å². The van der Waals surface area contributed by atoms with Gasteiger partial charge in [0.25, 0.3) is 0 Å². The Labute approximate surface area is 98.3 Å². The van der Waals surface area contributed by atoms with Crippen LogP contribution in [0.25, 0.3) is 0 Å². The van der Waals surface area contributed by atoms with Crippen LogP contribution in [0.5, 0.6) is 5.75 Å². The first-order valence-electron chi connectivity index (χ1n) is 3.99. The molecule has 0 spiro atoms. The van der Waals surface area contributed by atoms with E-state index < -0.39 is 12.3 Å². The van der Waals surface area contributed by atoms with Crippen LogP contribution in [0.2, 0.25) is 5.02 Å². The molecule has 1 aromatic rings. The Morgan fingerprint density at radius 2 is 2.00 bits per heavy atom. The molecule has 15 heavy (non-hydrogen) atoms. The van der Waals surface area contributed by atoms with Crippen molar-refractivity contribution in [3.8, 4) is 5.75 Å². The summed E-state index contributed by atoms with van der Waals surface area (Å²) in [7, 11) is 0. The molecule has 0 N–H and O–H groups in total. The minimum absolute atomic E-state index is 0.0908. The number of rotatable bonds is 2. The van der Waals surface area contributed by atoms with Gasteiger partial charge in [0, 0.05) is 4.47 Å². The summed E-state index contributed by atoms with van der Waals surface area (Å²) in [5.74, 6) is 0.0908. The van der Waals surface area contributed by atoms with E-state index in [2.05, 4.69) is 20.7 Å². The third-order valence-electron chi connectivity index (χ3n) is 1.66. The molecule has 6 heteroatoms. The molecule has 84 valence electrons. The standard InChI is InChI=1S/C9H7BrClF3O/c1-5(9(12,13)14)15-6-2-3-7(10)8(11)4-6/h2-5H,1H3. The maximum Gasteiger partial charge on any atom is 0.425 e. The summed E-state index contributed by atoms with van der Waals surface area (Å²) in [6, 6.07) is 4.27. The number of hydrogen-bond acceptors (Lipinski definition) is 1. The molecule has 0 aliphatic heterocycles. The van der Waals surface area contributed by atoms with E-state index in [0.29, 0.717) is 9.50 Å². The maximum atomic E-state index is 12.1. The quantitative estimate of drug-likeness (QED) is 0.785. The lowest BCUT2D eigenvalue weighted by Gasteiger charge is -2.17. The fourth-order valence-electron chi connectivity index (χ4n) is 0.821. The summed E-state index contributed by atoms with van der Waals surface area (Å²) in [5.41, 5.74) is 0. The fourth-order valence-corrected chi connectivity index (χ4v) is 1.24. The molecular weight excluding hydrogens is 296 g/mol. The molecule has 0 fully saturated rings. The van der Waals surface area contributed by atoms with Crippen molar-refractivity contribution >= 4 is 27.5 Å². The molecule has 0 heterocycles. The summed E-state index contributed by atoms with van der Waals surface area (Å²) in [4.78, 5) is 0. The Bertz CT molecular complexity index is 354. The minimum atomic E-state index is -4.38. The fraction of sp³-hybridized carbons (Fsp3) is 0.333. The number of ether oxygens (including phenoxy) is 1. The van der Waals surface area contributed by atoms with Crippen molar-refractivity contribution in [3.05, 3.63) is 27.7 Å². The highest BCUT2D eigenvalue weighted by atomic mass is 79.9. The highest BCUT2D eigenvalue weighted by Crippen LogP contribution is 2.30. The number of alkyl halides is 3. The lowest BCUT2D eigenvalue weighted by molar-refractivity contribution is -0.189. The van der Waals surface area contributed by atoms with Crippen molar-refractivity contribution < 1.29 is 17.9 Å². The molecule has 1 atom stereocenters. The van der Waals surface area contributed by atoms with Crippen molar-refractivity contribution in [2.24, 2.45) is 0 Å². The van der Waals surface area contributed by atoms with Gasteiger partial charge in [0.1, 0.15) is 5.75 Å². The molecule has 0 saturated heterocycles. The average Bonchev–Trinajstić information content (AvgIpc) is 2.10. The monoisotopic (exact) mass is 302 g/mol. The second-order valence-corrected chi connectivity index (χ2v) is 4.14. The molecule has 1 unspecified atom stereocenters. The highest BCUT2D eigenvalue weighted by Gasteiger charge is 2.38.